The highest BCUT2D eigenvalue weighted by Crippen LogP contribution is 2.44. The van der Waals surface area contributed by atoms with E-state index in [1.54, 1.807) is 7.05 Å². The molecular weight excluding hydrogens is 444 g/mol. The van der Waals surface area contributed by atoms with Crippen LogP contribution in [0.4, 0.5) is 4.79 Å². The van der Waals surface area contributed by atoms with Crippen molar-refractivity contribution >= 4 is 18.0 Å². The summed E-state index contributed by atoms with van der Waals surface area (Å²) in [5, 5.41) is 12.7. The molecule has 0 bridgehead atoms. The average Bonchev–Trinajstić information content (AvgIpc) is 3.43. The van der Waals surface area contributed by atoms with E-state index in [0.717, 1.165) is 47.9 Å². The smallest absolute Gasteiger partial charge is 0.407 e. The second-order valence-corrected chi connectivity index (χ2v) is 10.1. The van der Waals surface area contributed by atoms with Gasteiger partial charge in [-0.3, -0.25) is 4.79 Å². The van der Waals surface area contributed by atoms with Crippen molar-refractivity contribution in [1.82, 2.24) is 10.2 Å². The minimum Gasteiger partial charge on any atom is -0.479 e. The van der Waals surface area contributed by atoms with Crippen LogP contribution in [-0.4, -0.2) is 53.2 Å². The normalized spacial score (nSPS) is 18.9. The second kappa shape index (κ2) is 9.36. The van der Waals surface area contributed by atoms with Crippen LogP contribution in [0.1, 0.15) is 62.0 Å². The van der Waals surface area contributed by atoms with Gasteiger partial charge in [-0.15, -0.1) is 0 Å². The summed E-state index contributed by atoms with van der Waals surface area (Å²) >= 11 is 0. The summed E-state index contributed by atoms with van der Waals surface area (Å²) in [5.74, 6) is -1.02. The fourth-order valence-electron chi connectivity index (χ4n) is 5.79. The number of amides is 2. The third kappa shape index (κ3) is 4.40. The molecule has 2 aromatic rings. The van der Waals surface area contributed by atoms with E-state index in [1.807, 2.05) is 24.3 Å². The number of rotatable bonds is 8. The molecular formula is C28H32N2O5. The number of carbonyl (C=O) groups excluding carboxylic acids is 2. The Morgan fingerprint density at radius 2 is 1.60 bits per heavy atom. The van der Waals surface area contributed by atoms with Crippen LogP contribution in [0.15, 0.2) is 48.5 Å². The first kappa shape index (κ1) is 23.4. The summed E-state index contributed by atoms with van der Waals surface area (Å²) in [7, 11) is 1.56. The van der Waals surface area contributed by atoms with Crippen molar-refractivity contribution in [2.45, 2.75) is 62.4 Å². The number of hydrogen-bond donors (Lipinski definition) is 2. The van der Waals surface area contributed by atoms with Gasteiger partial charge in [0.15, 0.2) is 0 Å². The Bertz CT molecular complexity index is 1090. The molecule has 0 aromatic heterocycles. The van der Waals surface area contributed by atoms with Crippen LogP contribution in [0.2, 0.25) is 0 Å². The molecule has 0 saturated heterocycles. The Labute approximate surface area is 205 Å². The van der Waals surface area contributed by atoms with Gasteiger partial charge in [0.1, 0.15) is 18.2 Å². The molecule has 2 fully saturated rings. The number of nitrogens with one attached hydrogen (secondary N) is 1. The molecule has 0 radical (unpaired) electrons. The fourth-order valence-corrected chi connectivity index (χ4v) is 5.79. The van der Waals surface area contributed by atoms with E-state index in [0.29, 0.717) is 25.2 Å². The number of ether oxygens (including phenoxy) is 1. The van der Waals surface area contributed by atoms with Crippen LogP contribution >= 0.6 is 0 Å². The number of carboxylic acid groups (broad SMARTS) is 1. The maximum Gasteiger partial charge on any atom is 0.407 e. The number of alkyl carbamates (subject to hydrolysis) is 1. The number of nitrogens with zero attached hydrogens (tertiary/aromatic N) is 1. The van der Waals surface area contributed by atoms with Gasteiger partial charge in [0.2, 0.25) is 5.91 Å². The summed E-state index contributed by atoms with van der Waals surface area (Å²) in [6.07, 6.45) is 4.32. The van der Waals surface area contributed by atoms with E-state index in [4.69, 9.17) is 4.74 Å². The number of benzene rings is 2. The molecule has 3 aliphatic carbocycles. The minimum absolute atomic E-state index is 0.0674. The van der Waals surface area contributed by atoms with E-state index >= 15 is 0 Å². The lowest BCUT2D eigenvalue weighted by atomic mass is 9.94. The first-order valence-electron chi connectivity index (χ1n) is 12.5. The molecule has 2 aromatic carbocycles. The Morgan fingerprint density at radius 3 is 2.14 bits per heavy atom. The van der Waals surface area contributed by atoms with Crippen LogP contribution in [0.25, 0.3) is 11.1 Å². The molecule has 35 heavy (non-hydrogen) atoms. The van der Waals surface area contributed by atoms with Gasteiger partial charge in [-0.1, -0.05) is 74.2 Å². The first-order valence-corrected chi connectivity index (χ1v) is 12.5. The molecule has 1 atom stereocenters. The van der Waals surface area contributed by atoms with Crippen LogP contribution in [0.3, 0.4) is 0 Å². The fraction of sp³-hybridized carbons (Fsp3) is 0.464. The monoisotopic (exact) mass is 476 g/mol. The Kier molecular flexibility index (Phi) is 6.26. The van der Waals surface area contributed by atoms with Gasteiger partial charge in [0, 0.05) is 13.0 Å². The van der Waals surface area contributed by atoms with Gasteiger partial charge < -0.3 is 20.1 Å². The molecule has 2 saturated carbocycles. The topological polar surface area (TPSA) is 95.9 Å². The first-order chi connectivity index (χ1) is 16.9. The van der Waals surface area contributed by atoms with Gasteiger partial charge in [0.05, 0.1) is 0 Å². The van der Waals surface area contributed by atoms with Crippen LogP contribution < -0.4 is 5.32 Å². The molecule has 5 rings (SSSR count). The van der Waals surface area contributed by atoms with Crippen LogP contribution in [0, 0.1) is 5.92 Å². The van der Waals surface area contributed by atoms with Gasteiger partial charge in [-0.25, -0.2) is 9.59 Å². The van der Waals surface area contributed by atoms with Crippen molar-refractivity contribution in [2.24, 2.45) is 5.92 Å². The van der Waals surface area contributed by atoms with Gasteiger partial charge >= 0.3 is 12.1 Å². The standard InChI is InChI=1S/C28H32N2O5/c1-30(28(26(32)33)14-6-7-15-28)25(31)24(16-18-12-13-18)29-27(34)35-17-23-21-10-4-2-8-19(21)20-9-3-5-11-22(20)23/h2-5,8-11,18,23-24H,6-7,12-17H2,1H3,(H,29,34)(H,32,33). The van der Waals surface area contributed by atoms with Crippen molar-refractivity contribution in [2.75, 3.05) is 13.7 Å². The molecule has 7 nitrogen and oxygen atoms in total. The van der Waals surface area contributed by atoms with Crippen molar-refractivity contribution in [3.05, 3.63) is 59.7 Å². The number of aliphatic carboxylic acids is 1. The van der Waals surface area contributed by atoms with E-state index < -0.39 is 23.6 Å². The molecule has 2 N–H and O–H groups in total. The highest BCUT2D eigenvalue weighted by Gasteiger charge is 2.48. The van der Waals surface area contributed by atoms with Crippen molar-refractivity contribution in [3.8, 4) is 11.1 Å². The maximum absolute atomic E-state index is 13.4. The average molecular weight is 477 g/mol. The van der Waals surface area contributed by atoms with Crippen LogP contribution in [-0.2, 0) is 14.3 Å². The predicted octanol–water partition coefficient (Wildman–Crippen LogP) is 4.55. The summed E-state index contributed by atoms with van der Waals surface area (Å²) in [5.41, 5.74) is 3.35. The largest absolute Gasteiger partial charge is 0.479 e. The highest BCUT2D eigenvalue weighted by molar-refractivity contribution is 5.91. The maximum atomic E-state index is 13.4. The van der Waals surface area contributed by atoms with Crippen molar-refractivity contribution in [1.29, 1.82) is 0 Å². The summed E-state index contributed by atoms with van der Waals surface area (Å²) in [6.45, 7) is 0.166. The third-order valence-electron chi connectivity index (χ3n) is 8.00. The van der Waals surface area contributed by atoms with E-state index in [-0.39, 0.29) is 18.4 Å². The van der Waals surface area contributed by atoms with E-state index in [1.165, 1.54) is 4.90 Å². The molecule has 0 aliphatic heterocycles. The lowest BCUT2D eigenvalue weighted by Crippen LogP contribution is -2.58. The summed E-state index contributed by atoms with van der Waals surface area (Å²) in [6, 6.07) is 15.5. The predicted molar refractivity (Wildman–Crippen MR) is 131 cm³/mol. The van der Waals surface area contributed by atoms with Crippen molar-refractivity contribution < 1.29 is 24.2 Å². The molecule has 2 amide bonds. The van der Waals surface area contributed by atoms with E-state index in [2.05, 4.69) is 29.6 Å². The van der Waals surface area contributed by atoms with Gasteiger partial charge in [-0.2, -0.15) is 0 Å². The summed E-state index contributed by atoms with van der Waals surface area (Å²) in [4.78, 5) is 39.8. The zero-order chi connectivity index (χ0) is 24.6. The third-order valence-corrected chi connectivity index (χ3v) is 8.00. The molecule has 184 valence electrons. The number of carboxylic acids is 1. The van der Waals surface area contributed by atoms with Crippen LogP contribution in [0.5, 0.6) is 0 Å². The molecule has 0 spiro atoms. The second-order valence-electron chi connectivity index (χ2n) is 10.1. The quantitative estimate of drug-likeness (QED) is 0.583. The zero-order valence-electron chi connectivity index (χ0n) is 20.0. The van der Waals surface area contributed by atoms with Gasteiger partial charge in [0.25, 0.3) is 0 Å². The number of likely N-dealkylation sites (N-methyl/N-ethyl adjacent to an activating group) is 1. The number of hydrogen-bond acceptors (Lipinski definition) is 4. The lowest BCUT2D eigenvalue weighted by Gasteiger charge is -2.37. The Hall–Kier alpha value is -3.35. The lowest BCUT2D eigenvalue weighted by molar-refractivity contribution is -0.158. The minimum atomic E-state index is -1.19. The van der Waals surface area contributed by atoms with Crippen molar-refractivity contribution in [3.63, 3.8) is 0 Å². The molecule has 1 unspecified atom stereocenters. The summed E-state index contributed by atoms with van der Waals surface area (Å²) < 4.78 is 5.66. The zero-order valence-corrected chi connectivity index (χ0v) is 20.0. The van der Waals surface area contributed by atoms with Gasteiger partial charge in [-0.05, 0) is 47.4 Å². The number of carbonyl (C=O) groups is 3. The molecule has 0 heterocycles. The molecule has 3 aliphatic rings. The Morgan fingerprint density at radius 1 is 1.03 bits per heavy atom. The van der Waals surface area contributed by atoms with E-state index in [9.17, 15) is 19.5 Å². The SMILES string of the molecule is CN(C(=O)C(CC1CC1)NC(=O)OCC1c2ccccc2-c2ccccc21)C1(C(=O)O)CCCC1. The molecule has 7 heteroatoms. The number of fused-ring (bicyclic) bond motifs is 3. The Balaban J connectivity index is 1.28. The highest BCUT2D eigenvalue weighted by atomic mass is 16.5.